The molecule has 1 aliphatic rings. The molecule has 0 amide bonds. The zero-order valence-corrected chi connectivity index (χ0v) is 22.2. The Morgan fingerprint density at radius 2 is 1.75 bits per heavy atom. The molecule has 2 aromatic heterocycles. The van der Waals surface area contributed by atoms with E-state index in [1.54, 1.807) is 0 Å². The first-order valence-corrected chi connectivity index (χ1v) is 12.7. The summed E-state index contributed by atoms with van der Waals surface area (Å²) in [6.07, 6.45) is 0. The Bertz CT molecular complexity index is 1460. The van der Waals surface area contributed by atoms with E-state index in [4.69, 9.17) is 11.6 Å². The molecule has 0 bridgehead atoms. The van der Waals surface area contributed by atoms with Crippen molar-refractivity contribution in [2.45, 2.75) is 46.2 Å². The van der Waals surface area contributed by atoms with Gasteiger partial charge in [0.1, 0.15) is 6.04 Å². The molecule has 1 atom stereocenters. The van der Waals surface area contributed by atoms with Crippen molar-refractivity contribution in [1.29, 1.82) is 0 Å². The van der Waals surface area contributed by atoms with Gasteiger partial charge in [0, 0.05) is 48.0 Å². The summed E-state index contributed by atoms with van der Waals surface area (Å²) < 4.78 is 1.84. The van der Waals surface area contributed by atoms with Crippen molar-refractivity contribution in [2.24, 2.45) is 0 Å². The molecule has 1 aliphatic heterocycles. The first-order chi connectivity index (χ1) is 17.1. The van der Waals surface area contributed by atoms with Gasteiger partial charge < -0.3 is 9.88 Å². The van der Waals surface area contributed by atoms with E-state index in [0.29, 0.717) is 11.4 Å². The number of pyridine rings is 1. The summed E-state index contributed by atoms with van der Waals surface area (Å²) in [6.45, 7) is 13.5. The Morgan fingerprint density at radius 3 is 2.47 bits per heavy atom. The Hall–Kier alpha value is -3.23. The molecule has 3 heterocycles. The third-order valence-electron chi connectivity index (χ3n) is 6.89. The lowest BCUT2D eigenvalue weighted by molar-refractivity contribution is 0.190. The topological polar surface area (TPSA) is 82.9 Å². The molecule has 0 radical (unpaired) electrons. The number of hydrogen-bond acceptors (Lipinski definition) is 6. The summed E-state index contributed by atoms with van der Waals surface area (Å²) in [6, 6.07) is 13.7. The molecular weight excluding hydrogens is 474 g/mol. The van der Waals surface area contributed by atoms with E-state index >= 15 is 0 Å². The molecule has 1 saturated heterocycles. The number of piperazine rings is 1. The van der Waals surface area contributed by atoms with E-state index in [-0.39, 0.29) is 17.1 Å². The second kappa shape index (κ2) is 9.33. The SMILES string of the molecule is Cc1ccc2[nH]c(=O)c([C@H](c3nnnn3C(C)(C)C)N3CCN(c4cc(Cl)ccc4C)CC3)cc2c1. The molecule has 0 aliphatic carbocycles. The van der Waals surface area contributed by atoms with Crippen LogP contribution in [0.3, 0.4) is 0 Å². The largest absolute Gasteiger partial charge is 0.369 e. The number of H-pyrrole nitrogens is 1. The molecule has 0 spiro atoms. The van der Waals surface area contributed by atoms with Crippen LogP contribution in [0.1, 0.15) is 49.3 Å². The fraction of sp³-hybridized carbons (Fsp3) is 0.407. The third kappa shape index (κ3) is 4.63. The number of anilines is 1. The molecule has 36 heavy (non-hydrogen) atoms. The maximum Gasteiger partial charge on any atom is 0.253 e. The third-order valence-corrected chi connectivity index (χ3v) is 7.12. The van der Waals surface area contributed by atoms with Gasteiger partial charge in [-0.3, -0.25) is 9.69 Å². The highest BCUT2D eigenvalue weighted by atomic mass is 35.5. The minimum Gasteiger partial charge on any atom is -0.369 e. The van der Waals surface area contributed by atoms with Gasteiger partial charge in [-0.05, 0) is 86.3 Å². The van der Waals surface area contributed by atoms with Crippen LogP contribution in [0.25, 0.3) is 10.9 Å². The van der Waals surface area contributed by atoms with Gasteiger partial charge in [-0.1, -0.05) is 29.3 Å². The Balaban J connectivity index is 1.56. The summed E-state index contributed by atoms with van der Waals surface area (Å²) in [5, 5.41) is 14.5. The van der Waals surface area contributed by atoms with Crippen LogP contribution in [0.5, 0.6) is 0 Å². The monoisotopic (exact) mass is 505 g/mol. The Morgan fingerprint density at radius 1 is 1.00 bits per heavy atom. The molecule has 2 aromatic carbocycles. The smallest absolute Gasteiger partial charge is 0.253 e. The molecule has 1 N–H and O–H groups in total. The van der Waals surface area contributed by atoms with Crippen LogP contribution in [0.4, 0.5) is 5.69 Å². The van der Waals surface area contributed by atoms with Crippen LogP contribution in [0.15, 0.2) is 47.3 Å². The normalized spacial score (nSPS) is 16.0. The predicted molar refractivity (Wildman–Crippen MR) is 144 cm³/mol. The molecule has 5 rings (SSSR count). The number of halogens is 1. The fourth-order valence-corrected chi connectivity index (χ4v) is 5.20. The van der Waals surface area contributed by atoms with E-state index in [2.05, 4.69) is 77.1 Å². The lowest BCUT2D eigenvalue weighted by Gasteiger charge is -2.40. The average Bonchev–Trinajstić information content (AvgIpc) is 3.32. The zero-order valence-electron chi connectivity index (χ0n) is 21.4. The molecule has 0 unspecified atom stereocenters. The molecule has 4 aromatic rings. The number of aromatic nitrogens is 5. The van der Waals surface area contributed by atoms with Crippen LogP contribution in [0, 0.1) is 13.8 Å². The van der Waals surface area contributed by atoms with Gasteiger partial charge in [0.05, 0.1) is 5.54 Å². The van der Waals surface area contributed by atoms with Crippen LogP contribution in [0.2, 0.25) is 5.02 Å². The van der Waals surface area contributed by atoms with Gasteiger partial charge in [-0.15, -0.1) is 5.10 Å². The van der Waals surface area contributed by atoms with Gasteiger partial charge in [-0.2, -0.15) is 0 Å². The van der Waals surface area contributed by atoms with Gasteiger partial charge >= 0.3 is 0 Å². The number of hydrogen-bond donors (Lipinski definition) is 1. The van der Waals surface area contributed by atoms with Crippen LogP contribution >= 0.6 is 11.6 Å². The molecule has 1 fully saturated rings. The van der Waals surface area contributed by atoms with Gasteiger partial charge in [0.25, 0.3) is 5.56 Å². The Labute approximate surface area is 215 Å². The van der Waals surface area contributed by atoms with E-state index in [9.17, 15) is 4.79 Å². The molecule has 188 valence electrons. The van der Waals surface area contributed by atoms with E-state index in [0.717, 1.165) is 53.4 Å². The van der Waals surface area contributed by atoms with Gasteiger partial charge in [0.2, 0.25) is 0 Å². The van der Waals surface area contributed by atoms with Crippen molar-refractivity contribution in [1.82, 2.24) is 30.1 Å². The molecule has 8 nitrogen and oxygen atoms in total. The van der Waals surface area contributed by atoms with Crippen molar-refractivity contribution in [3.05, 3.63) is 80.4 Å². The fourth-order valence-electron chi connectivity index (χ4n) is 5.03. The number of benzene rings is 2. The summed E-state index contributed by atoms with van der Waals surface area (Å²) in [4.78, 5) is 21.2. The molecule has 0 saturated carbocycles. The highest BCUT2D eigenvalue weighted by Gasteiger charge is 2.35. The Kier molecular flexibility index (Phi) is 6.34. The lowest BCUT2D eigenvalue weighted by atomic mass is 10.0. The highest BCUT2D eigenvalue weighted by molar-refractivity contribution is 6.30. The average molecular weight is 506 g/mol. The van der Waals surface area contributed by atoms with Crippen molar-refractivity contribution in [2.75, 3.05) is 31.1 Å². The number of nitrogens with one attached hydrogen (secondary N) is 1. The van der Waals surface area contributed by atoms with Gasteiger partial charge in [-0.25, -0.2) is 4.68 Å². The number of aromatic amines is 1. The number of fused-ring (bicyclic) bond motifs is 1. The van der Waals surface area contributed by atoms with Crippen LogP contribution in [-0.2, 0) is 5.54 Å². The van der Waals surface area contributed by atoms with E-state index in [1.165, 1.54) is 5.56 Å². The zero-order chi connectivity index (χ0) is 25.6. The van der Waals surface area contributed by atoms with Crippen LogP contribution in [-0.4, -0.2) is 56.3 Å². The molecular formula is C27H32ClN7O. The minimum absolute atomic E-state index is 0.118. The first kappa shape index (κ1) is 24.5. The number of nitrogens with zero attached hydrogens (tertiary/aromatic N) is 6. The summed E-state index contributed by atoms with van der Waals surface area (Å²) in [5.74, 6) is 0.674. The quantitative estimate of drug-likeness (QED) is 0.441. The second-order valence-corrected chi connectivity index (χ2v) is 11.1. The maximum atomic E-state index is 13.4. The maximum absolute atomic E-state index is 13.4. The van der Waals surface area contributed by atoms with E-state index < -0.39 is 0 Å². The second-order valence-electron chi connectivity index (χ2n) is 10.6. The lowest BCUT2D eigenvalue weighted by Crippen LogP contribution is -2.49. The minimum atomic E-state index is -0.379. The summed E-state index contributed by atoms with van der Waals surface area (Å²) in [5.41, 5.74) is 4.51. The first-order valence-electron chi connectivity index (χ1n) is 12.3. The van der Waals surface area contributed by atoms with Gasteiger partial charge in [0.15, 0.2) is 5.82 Å². The summed E-state index contributed by atoms with van der Waals surface area (Å²) in [7, 11) is 0. The van der Waals surface area contributed by atoms with Crippen molar-refractivity contribution in [3.8, 4) is 0 Å². The standard InChI is InChI=1S/C27H32ClN7O/c1-17-6-9-22-19(14-17)15-21(26(36)29-22)24(25-30-31-32-35(25)27(3,4)5)34-12-10-33(11-13-34)23-16-20(28)8-7-18(23)2/h6-9,14-16,24H,10-13H2,1-5H3,(H,29,36)/t24-/m1/s1. The van der Waals surface area contributed by atoms with Crippen molar-refractivity contribution < 1.29 is 0 Å². The number of aryl methyl sites for hydroxylation is 2. The predicted octanol–water partition coefficient (Wildman–Crippen LogP) is 4.45. The van der Waals surface area contributed by atoms with Crippen LogP contribution < -0.4 is 10.5 Å². The summed E-state index contributed by atoms with van der Waals surface area (Å²) >= 11 is 6.30. The highest BCUT2D eigenvalue weighted by Crippen LogP contribution is 2.32. The van der Waals surface area contributed by atoms with Crippen molar-refractivity contribution >= 4 is 28.2 Å². The van der Waals surface area contributed by atoms with E-state index in [1.807, 2.05) is 35.0 Å². The number of rotatable bonds is 4. The van der Waals surface area contributed by atoms with Crippen molar-refractivity contribution in [3.63, 3.8) is 0 Å². The molecule has 9 heteroatoms. The number of tetrazole rings is 1.